The van der Waals surface area contributed by atoms with Crippen molar-refractivity contribution >= 4 is 17.6 Å². The van der Waals surface area contributed by atoms with Crippen molar-refractivity contribution in [1.29, 1.82) is 0 Å². The zero-order chi connectivity index (χ0) is 28.7. The van der Waals surface area contributed by atoms with Crippen LogP contribution >= 0.6 is 0 Å². The lowest BCUT2D eigenvalue weighted by atomic mass is 9.49. The van der Waals surface area contributed by atoms with Gasteiger partial charge < -0.3 is 10.2 Å². The van der Waals surface area contributed by atoms with Crippen LogP contribution in [0.1, 0.15) is 44.1 Å². The summed E-state index contributed by atoms with van der Waals surface area (Å²) in [5.74, 6) is 1.86. The number of carbonyl (C=O) groups excluding carboxylic acids is 2. The van der Waals surface area contributed by atoms with Gasteiger partial charge in [-0.25, -0.2) is 9.07 Å². The molecule has 214 valence electrons. The van der Waals surface area contributed by atoms with Gasteiger partial charge in [-0.15, -0.1) is 0 Å². The normalized spacial score (nSPS) is 24.0. The molecule has 4 bridgehead atoms. The van der Waals surface area contributed by atoms with E-state index >= 15 is 0 Å². The molecule has 4 aliphatic rings. The van der Waals surface area contributed by atoms with E-state index in [1.54, 1.807) is 21.7 Å². The van der Waals surface area contributed by atoms with Crippen LogP contribution in [-0.2, 0) is 16.1 Å². The van der Waals surface area contributed by atoms with Gasteiger partial charge in [0.1, 0.15) is 18.2 Å². The van der Waals surface area contributed by atoms with Crippen LogP contribution in [0.3, 0.4) is 0 Å². The Hall–Kier alpha value is -4.26. The Morgan fingerprint density at radius 1 is 0.857 bits per heavy atom. The number of benzene rings is 3. The fourth-order valence-corrected chi connectivity index (χ4v) is 8.07. The molecule has 0 unspecified atom stereocenters. The number of rotatable bonds is 8. The highest BCUT2D eigenvalue weighted by Gasteiger charge is 2.55. The molecule has 4 saturated carbocycles. The van der Waals surface area contributed by atoms with Crippen molar-refractivity contribution in [3.63, 3.8) is 0 Å². The first kappa shape index (κ1) is 26.6. The topological polar surface area (TPSA) is 67.2 Å². The standard InChI is InChI=1S/C35H35FN4O2/c36-29-11-13-30(14-12-29)40-32(18-31(38-40)28-9-5-2-6-10-28)37-33(41)23-39(22-24-7-3-1-4-8-24)34(42)35-19-25-15-26(20-35)17-27(16-25)21-35/h1-14,18,25-27H,15-17,19-23H2,(H,37,41). The summed E-state index contributed by atoms with van der Waals surface area (Å²) in [5, 5.41) is 7.77. The Bertz CT molecular complexity index is 1550. The Balaban J connectivity index is 1.17. The van der Waals surface area contributed by atoms with Crippen LogP contribution in [0.2, 0.25) is 0 Å². The lowest BCUT2D eigenvalue weighted by Gasteiger charge is -2.56. The van der Waals surface area contributed by atoms with Gasteiger partial charge in [0.15, 0.2) is 0 Å². The van der Waals surface area contributed by atoms with Crippen molar-refractivity contribution in [3.05, 3.63) is 102 Å². The first-order valence-electron chi connectivity index (χ1n) is 15.0. The predicted molar refractivity (Wildman–Crippen MR) is 160 cm³/mol. The van der Waals surface area contributed by atoms with Gasteiger partial charge in [0, 0.05) is 18.2 Å². The molecule has 0 saturated heterocycles. The average molecular weight is 563 g/mol. The van der Waals surface area contributed by atoms with Gasteiger partial charge in [-0.1, -0.05) is 60.7 Å². The molecule has 2 amide bonds. The monoisotopic (exact) mass is 562 g/mol. The third-order valence-electron chi connectivity index (χ3n) is 9.45. The largest absolute Gasteiger partial charge is 0.329 e. The maximum absolute atomic E-state index is 14.4. The third kappa shape index (κ3) is 5.24. The Labute approximate surface area is 245 Å². The molecule has 1 N–H and O–H groups in total. The lowest BCUT2D eigenvalue weighted by molar-refractivity contribution is -0.159. The minimum Gasteiger partial charge on any atom is -0.329 e. The third-order valence-corrected chi connectivity index (χ3v) is 9.45. The van der Waals surface area contributed by atoms with Crippen LogP contribution in [0, 0.1) is 29.0 Å². The van der Waals surface area contributed by atoms with Crippen LogP contribution in [0.5, 0.6) is 0 Å². The summed E-state index contributed by atoms with van der Waals surface area (Å²) in [7, 11) is 0. The second kappa shape index (κ2) is 10.9. The maximum Gasteiger partial charge on any atom is 0.245 e. The van der Waals surface area contributed by atoms with Crippen molar-refractivity contribution in [2.45, 2.75) is 45.1 Å². The van der Waals surface area contributed by atoms with Gasteiger partial charge in [0.05, 0.1) is 16.8 Å². The molecular weight excluding hydrogens is 527 g/mol. The Morgan fingerprint density at radius 3 is 2.07 bits per heavy atom. The lowest BCUT2D eigenvalue weighted by Crippen LogP contribution is -2.55. The first-order valence-corrected chi connectivity index (χ1v) is 15.0. The van der Waals surface area contributed by atoms with Gasteiger partial charge in [0.2, 0.25) is 11.8 Å². The molecule has 0 atom stereocenters. The number of carbonyl (C=O) groups is 2. The highest BCUT2D eigenvalue weighted by molar-refractivity contribution is 5.95. The van der Waals surface area contributed by atoms with E-state index in [1.165, 1.54) is 31.4 Å². The van der Waals surface area contributed by atoms with Gasteiger partial charge in [-0.3, -0.25) is 9.59 Å². The number of hydrogen-bond donors (Lipinski definition) is 1. The minimum absolute atomic E-state index is 0.0508. The van der Waals surface area contributed by atoms with Crippen molar-refractivity contribution in [3.8, 4) is 16.9 Å². The predicted octanol–water partition coefficient (Wildman–Crippen LogP) is 6.86. The van der Waals surface area contributed by atoms with E-state index < -0.39 is 0 Å². The van der Waals surface area contributed by atoms with E-state index in [2.05, 4.69) is 5.32 Å². The summed E-state index contributed by atoms with van der Waals surface area (Å²) in [6.45, 7) is 0.339. The van der Waals surface area contributed by atoms with Crippen molar-refractivity contribution in [1.82, 2.24) is 14.7 Å². The smallest absolute Gasteiger partial charge is 0.245 e. The van der Waals surface area contributed by atoms with Crippen LogP contribution in [-0.4, -0.2) is 33.0 Å². The van der Waals surface area contributed by atoms with Crippen molar-refractivity contribution in [2.75, 3.05) is 11.9 Å². The molecule has 0 spiro atoms. The van der Waals surface area contributed by atoms with Crippen LogP contribution in [0.15, 0.2) is 91.0 Å². The molecular formula is C35H35FN4O2. The molecule has 3 aromatic carbocycles. The fraction of sp³-hybridized carbons (Fsp3) is 0.343. The van der Waals surface area contributed by atoms with E-state index in [0.29, 0.717) is 41.5 Å². The molecule has 0 radical (unpaired) electrons. The Morgan fingerprint density at radius 2 is 1.45 bits per heavy atom. The second-order valence-electron chi connectivity index (χ2n) is 12.6. The van der Waals surface area contributed by atoms with Crippen LogP contribution in [0.25, 0.3) is 16.9 Å². The summed E-state index contributed by atoms with van der Waals surface area (Å²) in [6.07, 6.45) is 6.60. The molecule has 7 heteroatoms. The molecule has 4 aromatic rings. The van der Waals surface area contributed by atoms with E-state index in [-0.39, 0.29) is 29.6 Å². The van der Waals surface area contributed by atoms with Gasteiger partial charge in [0.25, 0.3) is 0 Å². The SMILES string of the molecule is O=C(CN(Cc1ccccc1)C(=O)C12CC3CC(CC(C3)C1)C2)Nc1cc(-c2ccccc2)nn1-c1ccc(F)cc1. The zero-order valence-corrected chi connectivity index (χ0v) is 23.6. The van der Waals surface area contributed by atoms with Crippen molar-refractivity contribution < 1.29 is 14.0 Å². The van der Waals surface area contributed by atoms with E-state index in [0.717, 1.165) is 30.4 Å². The molecule has 4 aliphatic carbocycles. The Kier molecular flexibility index (Phi) is 6.88. The van der Waals surface area contributed by atoms with Gasteiger partial charge >= 0.3 is 0 Å². The van der Waals surface area contributed by atoms with Crippen LogP contribution in [0.4, 0.5) is 10.2 Å². The summed E-state index contributed by atoms with van der Waals surface area (Å²) in [4.78, 5) is 29.9. The number of nitrogens with one attached hydrogen (secondary N) is 1. The molecule has 0 aliphatic heterocycles. The zero-order valence-electron chi connectivity index (χ0n) is 23.6. The molecule has 42 heavy (non-hydrogen) atoms. The molecule has 8 rings (SSSR count). The highest BCUT2D eigenvalue weighted by atomic mass is 19.1. The number of hydrogen-bond acceptors (Lipinski definition) is 3. The first-order chi connectivity index (χ1) is 20.4. The van der Waals surface area contributed by atoms with E-state index in [9.17, 15) is 14.0 Å². The van der Waals surface area contributed by atoms with E-state index in [4.69, 9.17) is 5.10 Å². The molecule has 6 nitrogen and oxygen atoms in total. The fourth-order valence-electron chi connectivity index (χ4n) is 8.07. The molecule has 4 fully saturated rings. The number of nitrogens with zero attached hydrogens (tertiary/aromatic N) is 3. The van der Waals surface area contributed by atoms with Gasteiger partial charge in [-0.05, 0) is 86.1 Å². The number of anilines is 1. The quantitative estimate of drug-likeness (QED) is 0.255. The molecule has 1 heterocycles. The summed E-state index contributed by atoms with van der Waals surface area (Å²) >= 11 is 0. The molecule has 1 aromatic heterocycles. The second-order valence-corrected chi connectivity index (χ2v) is 12.6. The van der Waals surface area contributed by atoms with Gasteiger partial charge in [-0.2, -0.15) is 5.10 Å². The van der Waals surface area contributed by atoms with Crippen LogP contribution < -0.4 is 5.32 Å². The maximum atomic E-state index is 14.4. The number of amides is 2. The van der Waals surface area contributed by atoms with Crippen molar-refractivity contribution in [2.24, 2.45) is 23.2 Å². The minimum atomic E-state index is -0.348. The average Bonchev–Trinajstić information content (AvgIpc) is 3.40. The highest BCUT2D eigenvalue weighted by Crippen LogP contribution is 2.60. The number of aromatic nitrogens is 2. The number of halogens is 1. The summed E-state index contributed by atoms with van der Waals surface area (Å²) in [5.41, 5.74) is 2.86. The summed E-state index contributed by atoms with van der Waals surface area (Å²) < 4.78 is 15.3. The summed E-state index contributed by atoms with van der Waals surface area (Å²) in [6, 6.07) is 27.4. The van der Waals surface area contributed by atoms with E-state index in [1.807, 2.05) is 66.7 Å².